The minimum absolute atomic E-state index is 0.0627. The smallest absolute Gasteiger partial charge is 0.231 e. The van der Waals surface area contributed by atoms with Crippen molar-refractivity contribution in [3.05, 3.63) is 47.5 Å². The van der Waals surface area contributed by atoms with Gasteiger partial charge in [0.25, 0.3) is 0 Å². The summed E-state index contributed by atoms with van der Waals surface area (Å²) < 4.78 is 16.4. The average Bonchev–Trinajstić information content (AvgIpc) is 3.34. The Balaban J connectivity index is 1.30. The number of benzene rings is 2. The third-order valence-electron chi connectivity index (χ3n) is 5.68. The monoisotopic (exact) mass is 394 g/mol. The summed E-state index contributed by atoms with van der Waals surface area (Å²) in [4.78, 5) is 27.2. The van der Waals surface area contributed by atoms with E-state index in [0.717, 1.165) is 22.6 Å². The predicted molar refractivity (Wildman–Crippen MR) is 105 cm³/mol. The zero-order valence-corrected chi connectivity index (χ0v) is 16.1. The Morgan fingerprint density at radius 2 is 1.90 bits per heavy atom. The van der Waals surface area contributed by atoms with Crippen LogP contribution < -0.4 is 24.4 Å². The quantitative estimate of drug-likeness (QED) is 0.866. The minimum atomic E-state index is -0.385. The molecule has 3 heterocycles. The Morgan fingerprint density at radius 3 is 2.79 bits per heavy atom. The summed E-state index contributed by atoms with van der Waals surface area (Å²) >= 11 is 0. The highest BCUT2D eigenvalue weighted by Gasteiger charge is 2.37. The molecule has 2 amide bonds. The van der Waals surface area contributed by atoms with E-state index in [1.165, 1.54) is 0 Å². The van der Waals surface area contributed by atoms with Crippen molar-refractivity contribution in [2.24, 2.45) is 5.92 Å². The van der Waals surface area contributed by atoms with Gasteiger partial charge in [0, 0.05) is 36.7 Å². The van der Waals surface area contributed by atoms with E-state index in [4.69, 9.17) is 14.2 Å². The molecule has 2 aromatic rings. The highest BCUT2D eigenvalue weighted by atomic mass is 16.7. The van der Waals surface area contributed by atoms with Crippen LogP contribution in [0.1, 0.15) is 30.0 Å². The van der Waals surface area contributed by atoms with Crippen LogP contribution in [0.4, 0.5) is 5.69 Å². The van der Waals surface area contributed by atoms with Crippen molar-refractivity contribution in [3.8, 4) is 17.2 Å². The first kappa shape index (κ1) is 17.8. The molecule has 0 spiro atoms. The maximum absolute atomic E-state index is 12.9. The van der Waals surface area contributed by atoms with Gasteiger partial charge in [-0.05, 0) is 25.1 Å². The molecular weight excluding hydrogens is 372 g/mol. The number of nitrogens with zero attached hydrogens (tertiary/aromatic N) is 1. The number of nitrogens with one attached hydrogen (secondary N) is 1. The number of hydrogen-bond donors (Lipinski definition) is 1. The van der Waals surface area contributed by atoms with Gasteiger partial charge in [-0.2, -0.15) is 0 Å². The van der Waals surface area contributed by atoms with E-state index in [1.54, 1.807) is 17.0 Å². The van der Waals surface area contributed by atoms with E-state index in [9.17, 15) is 9.59 Å². The standard InChI is InChI=1S/C22H22N2O5/c1-13-2-4-18-16(8-13)17(6-7-27-18)23-22(26)14-9-21(25)24(11-14)15-3-5-19-20(10-15)29-12-28-19/h2-5,8,10,14,17H,6-7,9,11-12H2,1H3,(H,23,26). The lowest BCUT2D eigenvalue weighted by Crippen LogP contribution is -2.37. The molecule has 2 unspecified atom stereocenters. The number of anilines is 1. The SMILES string of the molecule is Cc1ccc2c(c1)C(NC(=O)C1CC(=O)N(c3ccc4c(c3)OCO4)C1)CCO2. The van der Waals surface area contributed by atoms with Crippen LogP contribution in [0.2, 0.25) is 0 Å². The molecule has 1 saturated heterocycles. The van der Waals surface area contributed by atoms with Crippen LogP contribution in [0.3, 0.4) is 0 Å². The van der Waals surface area contributed by atoms with Crippen LogP contribution in [0.25, 0.3) is 0 Å². The maximum Gasteiger partial charge on any atom is 0.231 e. The molecule has 1 fully saturated rings. The molecule has 7 heteroatoms. The molecule has 3 aliphatic rings. The van der Waals surface area contributed by atoms with Gasteiger partial charge >= 0.3 is 0 Å². The number of carbonyl (C=O) groups is 2. The topological polar surface area (TPSA) is 77.1 Å². The number of rotatable bonds is 3. The molecular formula is C22H22N2O5. The second-order valence-electron chi connectivity index (χ2n) is 7.68. The predicted octanol–water partition coefficient (Wildman–Crippen LogP) is 2.72. The Labute approximate surface area is 168 Å². The van der Waals surface area contributed by atoms with Crippen LogP contribution >= 0.6 is 0 Å². The molecule has 2 aromatic carbocycles. The Kier molecular flexibility index (Phi) is 4.30. The highest BCUT2D eigenvalue weighted by molar-refractivity contribution is 6.00. The number of hydrogen-bond acceptors (Lipinski definition) is 5. The van der Waals surface area contributed by atoms with Gasteiger partial charge in [-0.15, -0.1) is 0 Å². The third-order valence-corrected chi connectivity index (χ3v) is 5.68. The van der Waals surface area contributed by atoms with Gasteiger partial charge in [0.2, 0.25) is 18.6 Å². The van der Waals surface area contributed by atoms with E-state index in [1.807, 2.05) is 25.1 Å². The normalized spacial score (nSPS) is 22.2. The maximum atomic E-state index is 12.9. The highest BCUT2D eigenvalue weighted by Crippen LogP contribution is 2.37. The first-order valence-electron chi connectivity index (χ1n) is 9.82. The van der Waals surface area contributed by atoms with Crippen molar-refractivity contribution >= 4 is 17.5 Å². The summed E-state index contributed by atoms with van der Waals surface area (Å²) in [6.07, 6.45) is 0.916. The van der Waals surface area contributed by atoms with Crippen molar-refractivity contribution in [3.63, 3.8) is 0 Å². The first-order chi connectivity index (χ1) is 14.1. The zero-order valence-electron chi connectivity index (χ0n) is 16.1. The molecule has 29 heavy (non-hydrogen) atoms. The van der Waals surface area contributed by atoms with Gasteiger partial charge in [-0.3, -0.25) is 9.59 Å². The summed E-state index contributed by atoms with van der Waals surface area (Å²) in [6.45, 7) is 3.12. The lowest BCUT2D eigenvalue weighted by atomic mass is 9.97. The molecule has 150 valence electrons. The fourth-order valence-electron chi connectivity index (χ4n) is 4.14. The van der Waals surface area contributed by atoms with Crippen molar-refractivity contribution in [1.29, 1.82) is 0 Å². The van der Waals surface area contributed by atoms with Crippen LogP contribution in [0.5, 0.6) is 17.2 Å². The van der Waals surface area contributed by atoms with Crippen LogP contribution in [0.15, 0.2) is 36.4 Å². The summed E-state index contributed by atoms with van der Waals surface area (Å²) in [5, 5.41) is 3.14. The van der Waals surface area contributed by atoms with Crippen LogP contribution in [-0.4, -0.2) is 31.8 Å². The lowest BCUT2D eigenvalue weighted by molar-refractivity contribution is -0.127. The first-order valence-corrected chi connectivity index (χ1v) is 9.82. The fraction of sp³-hybridized carbons (Fsp3) is 0.364. The Morgan fingerprint density at radius 1 is 1.07 bits per heavy atom. The molecule has 5 rings (SSSR count). The van der Waals surface area contributed by atoms with Crippen molar-refractivity contribution in [2.45, 2.75) is 25.8 Å². The fourth-order valence-corrected chi connectivity index (χ4v) is 4.14. The summed E-state index contributed by atoms with van der Waals surface area (Å²) in [5.41, 5.74) is 2.85. The molecule has 0 radical (unpaired) electrons. The van der Waals surface area contributed by atoms with E-state index < -0.39 is 0 Å². The van der Waals surface area contributed by atoms with Gasteiger partial charge in [-0.25, -0.2) is 0 Å². The molecule has 1 N–H and O–H groups in total. The van der Waals surface area contributed by atoms with Crippen molar-refractivity contribution in [1.82, 2.24) is 5.32 Å². The van der Waals surface area contributed by atoms with Gasteiger partial charge in [0.15, 0.2) is 11.5 Å². The van der Waals surface area contributed by atoms with Gasteiger partial charge in [-0.1, -0.05) is 17.7 Å². The van der Waals surface area contributed by atoms with Crippen LogP contribution in [0, 0.1) is 12.8 Å². The largest absolute Gasteiger partial charge is 0.493 e. The van der Waals surface area contributed by atoms with Gasteiger partial charge < -0.3 is 24.4 Å². The Hall–Kier alpha value is -3.22. The number of fused-ring (bicyclic) bond motifs is 2. The summed E-state index contributed by atoms with van der Waals surface area (Å²) in [6, 6.07) is 11.3. The molecule has 0 bridgehead atoms. The number of amides is 2. The van der Waals surface area contributed by atoms with E-state index in [-0.39, 0.29) is 37.0 Å². The second-order valence-corrected chi connectivity index (χ2v) is 7.68. The molecule has 0 saturated carbocycles. The second kappa shape index (κ2) is 6.99. The van der Waals surface area contributed by atoms with E-state index in [2.05, 4.69) is 11.4 Å². The summed E-state index contributed by atoms with van der Waals surface area (Å²) in [7, 11) is 0. The minimum Gasteiger partial charge on any atom is -0.493 e. The number of carbonyl (C=O) groups excluding carboxylic acids is 2. The number of aryl methyl sites for hydroxylation is 1. The molecule has 3 aliphatic heterocycles. The average molecular weight is 394 g/mol. The molecule has 0 aliphatic carbocycles. The van der Waals surface area contributed by atoms with E-state index >= 15 is 0 Å². The van der Waals surface area contributed by atoms with Crippen molar-refractivity contribution < 1.29 is 23.8 Å². The van der Waals surface area contributed by atoms with E-state index in [0.29, 0.717) is 31.1 Å². The van der Waals surface area contributed by atoms with Gasteiger partial charge in [0.05, 0.1) is 18.6 Å². The molecule has 0 aromatic heterocycles. The lowest BCUT2D eigenvalue weighted by Gasteiger charge is -2.28. The summed E-state index contributed by atoms with van der Waals surface area (Å²) in [5.74, 6) is 1.56. The van der Waals surface area contributed by atoms with Crippen LogP contribution in [-0.2, 0) is 9.59 Å². The third kappa shape index (κ3) is 3.26. The molecule has 2 atom stereocenters. The number of ether oxygens (including phenoxy) is 3. The molecule has 7 nitrogen and oxygen atoms in total. The zero-order chi connectivity index (χ0) is 20.0. The van der Waals surface area contributed by atoms with Gasteiger partial charge in [0.1, 0.15) is 5.75 Å². The van der Waals surface area contributed by atoms with Crippen molar-refractivity contribution in [2.75, 3.05) is 24.8 Å². The Bertz CT molecular complexity index is 989.